The van der Waals surface area contributed by atoms with Crippen LogP contribution < -0.4 is 9.47 Å². The van der Waals surface area contributed by atoms with Crippen molar-refractivity contribution in [3.8, 4) is 11.5 Å². The van der Waals surface area contributed by atoms with Crippen LogP contribution in [0.15, 0.2) is 36.4 Å². The van der Waals surface area contributed by atoms with Gasteiger partial charge in [-0.1, -0.05) is 49.7 Å². The molecule has 0 aromatic heterocycles. The van der Waals surface area contributed by atoms with Gasteiger partial charge in [0.1, 0.15) is 0 Å². The van der Waals surface area contributed by atoms with Gasteiger partial charge in [0.15, 0.2) is 11.5 Å². The fraction of sp³-hybridized carbons (Fsp3) is 0.409. The van der Waals surface area contributed by atoms with Crippen molar-refractivity contribution in [2.75, 3.05) is 20.3 Å². The van der Waals surface area contributed by atoms with Crippen LogP contribution in [0.1, 0.15) is 41.8 Å². The topological polar surface area (TPSA) is 38.8 Å². The molecular weight excluding hydrogens is 362 g/mol. The molecule has 0 spiro atoms. The smallest absolute Gasteiger partial charge is 0.254 e. The summed E-state index contributed by atoms with van der Waals surface area (Å²) in [5, 5.41) is 0.402. The van der Waals surface area contributed by atoms with Crippen LogP contribution in [0.2, 0.25) is 5.02 Å². The second-order valence-electron chi connectivity index (χ2n) is 7.27. The van der Waals surface area contributed by atoms with Crippen LogP contribution in [0.5, 0.6) is 11.5 Å². The molecule has 144 valence electrons. The van der Waals surface area contributed by atoms with E-state index in [2.05, 4.69) is 26.0 Å². The minimum Gasteiger partial charge on any atom is -0.493 e. The van der Waals surface area contributed by atoms with Gasteiger partial charge in [0.05, 0.1) is 18.7 Å². The zero-order valence-corrected chi connectivity index (χ0v) is 16.9. The summed E-state index contributed by atoms with van der Waals surface area (Å²) in [4.78, 5) is 14.9. The molecule has 0 bridgehead atoms. The zero-order chi connectivity index (χ0) is 19.4. The lowest BCUT2D eigenvalue weighted by Gasteiger charge is -2.29. The third kappa shape index (κ3) is 4.56. The molecule has 0 saturated carbocycles. The van der Waals surface area contributed by atoms with Crippen molar-refractivity contribution in [2.45, 2.75) is 33.2 Å². The Morgan fingerprint density at radius 3 is 2.67 bits per heavy atom. The second-order valence-corrected chi connectivity index (χ2v) is 7.67. The maximum absolute atomic E-state index is 13.0. The molecule has 0 unspecified atom stereocenters. The van der Waals surface area contributed by atoms with Crippen molar-refractivity contribution in [1.29, 1.82) is 0 Å². The summed E-state index contributed by atoms with van der Waals surface area (Å²) in [6.07, 6.45) is 1.79. The van der Waals surface area contributed by atoms with E-state index >= 15 is 0 Å². The quantitative estimate of drug-likeness (QED) is 0.702. The van der Waals surface area contributed by atoms with Crippen molar-refractivity contribution in [3.63, 3.8) is 0 Å². The van der Waals surface area contributed by atoms with Crippen molar-refractivity contribution in [2.24, 2.45) is 5.92 Å². The summed E-state index contributed by atoms with van der Waals surface area (Å²) >= 11 is 6.42. The highest BCUT2D eigenvalue weighted by Gasteiger charge is 2.24. The number of ether oxygens (including phenoxy) is 2. The number of fused-ring (bicyclic) bond motifs is 1. The summed E-state index contributed by atoms with van der Waals surface area (Å²) in [6.45, 7) is 6.15. The van der Waals surface area contributed by atoms with Crippen LogP contribution in [0.3, 0.4) is 0 Å². The molecule has 1 aliphatic rings. The zero-order valence-electron chi connectivity index (χ0n) is 16.1. The van der Waals surface area contributed by atoms with Gasteiger partial charge in [-0.15, -0.1) is 0 Å². The largest absolute Gasteiger partial charge is 0.493 e. The fourth-order valence-electron chi connectivity index (χ4n) is 3.23. The average molecular weight is 388 g/mol. The summed E-state index contributed by atoms with van der Waals surface area (Å²) < 4.78 is 11.3. The van der Waals surface area contributed by atoms with Crippen LogP contribution >= 0.6 is 11.6 Å². The molecular formula is C22H26ClNO3. The third-order valence-corrected chi connectivity index (χ3v) is 5.12. The van der Waals surface area contributed by atoms with E-state index in [9.17, 15) is 4.79 Å². The molecule has 0 saturated heterocycles. The van der Waals surface area contributed by atoms with Crippen LogP contribution in [-0.4, -0.2) is 31.1 Å². The normalized spacial score (nSPS) is 13.4. The number of benzene rings is 2. The van der Waals surface area contributed by atoms with E-state index in [0.29, 0.717) is 47.7 Å². The molecule has 0 atom stereocenters. The second kappa shape index (κ2) is 8.66. The highest BCUT2D eigenvalue weighted by Crippen LogP contribution is 2.37. The molecule has 0 N–H and O–H groups in total. The van der Waals surface area contributed by atoms with E-state index in [1.54, 1.807) is 19.2 Å². The Kier molecular flexibility index (Phi) is 6.27. The first-order chi connectivity index (χ1) is 13.0. The Balaban J connectivity index is 1.78. The van der Waals surface area contributed by atoms with Gasteiger partial charge in [0.2, 0.25) is 0 Å². The standard InChI is InChI=1S/C22H26ClNO3/c1-15(2)9-11-27-21-19(23)12-18(13-20(21)26-3)22(25)24-10-8-16-6-4-5-7-17(16)14-24/h4-7,12-13,15H,8-11,14H2,1-3H3. The van der Waals surface area contributed by atoms with Crippen LogP contribution in [0.4, 0.5) is 0 Å². The van der Waals surface area contributed by atoms with E-state index < -0.39 is 0 Å². The number of nitrogens with zero attached hydrogens (tertiary/aromatic N) is 1. The molecule has 5 heteroatoms. The maximum Gasteiger partial charge on any atom is 0.254 e. The van der Waals surface area contributed by atoms with E-state index in [1.165, 1.54) is 11.1 Å². The first kappa shape index (κ1) is 19.6. The monoisotopic (exact) mass is 387 g/mol. The Morgan fingerprint density at radius 2 is 1.96 bits per heavy atom. The molecule has 1 aliphatic heterocycles. The van der Waals surface area contributed by atoms with Gasteiger partial charge in [-0.2, -0.15) is 0 Å². The van der Waals surface area contributed by atoms with Crippen molar-refractivity contribution in [1.82, 2.24) is 4.90 Å². The van der Waals surface area contributed by atoms with E-state index in [-0.39, 0.29) is 5.91 Å². The summed E-state index contributed by atoms with van der Waals surface area (Å²) in [7, 11) is 1.56. The molecule has 3 rings (SSSR count). The number of rotatable bonds is 6. The number of halogens is 1. The first-order valence-corrected chi connectivity index (χ1v) is 9.73. The van der Waals surface area contributed by atoms with Crippen LogP contribution in [-0.2, 0) is 13.0 Å². The lowest BCUT2D eigenvalue weighted by molar-refractivity contribution is 0.0734. The minimum atomic E-state index is -0.0431. The van der Waals surface area contributed by atoms with Gasteiger partial charge >= 0.3 is 0 Å². The Morgan fingerprint density at radius 1 is 1.22 bits per heavy atom. The van der Waals surface area contributed by atoms with E-state index in [4.69, 9.17) is 21.1 Å². The molecule has 1 heterocycles. The number of carbonyl (C=O) groups is 1. The number of hydrogen-bond donors (Lipinski definition) is 0. The molecule has 0 aliphatic carbocycles. The Hall–Kier alpha value is -2.20. The molecule has 0 radical (unpaired) electrons. The van der Waals surface area contributed by atoms with Gasteiger partial charge in [-0.25, -0.2) is 0 Å². The van der Waals surface area contributed by atoms with Gasteiger partial charge in [0, 0.05) is 18.7 Å². The first-order valence-electron chi connectivity index (χ1n) is 9.36. The molecule has 4 nitrogen and oxygen atoms in total. The predicted octanol–water partition coefficient (Wildman–Crippen LogP) is 4.97. The average Bonchev–Trinajstić information content (AvgIpc) is 2.67. The van der Waals surface area contributed by atoms with Crippen molar-refractivity contribution in [3.05, 3.63) is 58.1 Å². The minimum absolute atomic E-state index is 0.0431. The summed E-state index contributed by atoms with van der Waals surface area (Å²) in [6, 6.07) is 11.7. The van der Waals surface area contributed by atoms with Gasteiger partial charge in [0.25, 0.3) is 5.91 Å². The Bertz CT molecular complexity index is 819. The third-order valence-electron chi connectivity index (χ3n) is 4.84. The number of amides is 1. The lowest BCUT2D eigenvalue weighted by Crippen LogP contribution is -2.35. The summed E-state index contributed by atoms with van der Waals surface area (Å²) in [5.74, 6) is 1.49. The number of methoxy groups -OCH3 is 1. The molecule has 0 fully saturated rings. The van der Waals surface area contributed by atoms with Gasteiger partial charge in [-0.05, 0) is 42.0 Å². The van der Waals surface area contributed by atoms with Crippen LogP contribution in [0, 0.1) is 5.92 Å². The van der Waals surface area contributed by atoms with Crippen molar-refractivity contribution >= 4 is 17.5 Å². The van der Waals surface area contributed by atoms with Crippen molar-refractivity contribution < 1.29 is 14.3 Å². The van der Waals surface area contributed by atoms with E-state index in [1.807, 2.05) is 17.0 Å². The molecule has 27 heavy (non-hydrogen) atoms. The number of carbonyl (C=O) groups excluding carboxylic acids is 1. The highest BCUT2D eigenvalue weighted by atomic mass is 35.5. The Labute approximate surface area is 166 Å². The van der Waals surface area contributed by atoms with E-state index in [0.717, 1.165) is 12.8 Å². The van der Waals surface area contributed by atoms with Gasteiger partial charge in [-0.3, -0.25) is 4.79 Å². The SMILES string of the molecule is COc1cc(C(=O)N2CCc3ccccc3C2)cc(Cl)c1OCCC(C)C. The highest BCUT2D eigenvalue weighted by molar-refractivity contribution is 6.32. The van der Waals surface area contributed by atoms with Gasteiger partial charge < -0.3 is 14.4 Å². The number of hydrogen-bond acceptors (Lipinski definition) is 3. The molecule has 2 aromatic rings. The lowest BCUT2D eigenvalue weighted by atomic mass is 9.99. The maximum atomic E-state index is 13.0. The summed E-state index contributed by atoms with van der Waals surface area (Å²) in [5.41, 5.74) is 3.03. The predicted molar refractivity (Wildman–Crippen MR) is 108 cm³/mol. The van der Waals surface area contributed by atoms with Crippen LogP contribution in [0.25, 0.3) is 0 Å². The molecule has 2 aromatic carbocycles. The molecule has 1 amide bonds. The fourth-order valence-corrected chi connectivity index (χ4v) is 3.50.